The first-order chi connectivity index (χ1) is 12.1. The lowest BCUT2D eigenvalue weighted by molar-refractivity contribution is 0.431. The molecule has 124 valence electrons. The van der Waals surface area contributed by atoms with Crippen LogP contribution in [0.15, 0.2) is 53.1 Å². The number of nitrogens with zero attached hydrogens (tertiary/aromatic N) is 5. The van der Waals surface area contributed by atoms with Gasteiger partial charge in [-0.3, -0.25) is 0 Å². The molecule has 0 fully saturated rings. The number of hydrogen-bond donors (Lipinski definition) is 1. The van der Waals surface area contributed by atoms with E-state index in [-0.39, 0.29) is 5.89 Å². The highest BCUT2D eigenvalue weighted by Gasteiger charge is 2.20. The lowest BCUT2D eigenvalue weighted by Crippen LogP contribution is -2.04. The van der Waals surface area contributed by atoms with Crippen LogP contribution in [0.4, 0.5) is 5.82 Å². The zero-order valence-corrected chi connectivity index (χ0v) is 14.0. The van der Waals surface area contributed by atoms with E-state index >= 15 is 0 Å². The van der Waals surface area contributed by atoms with Crippen molar-refractivity contribution >= 4 is 17.4 Å². The van der Waals surface area contributed by atoms with Crippen molar-refractivity contribution in [2.75, 3.05) is 5.73 Å². The second-order valence-corrected chi connectivity index (χ2v) is 5.82. The Morgan fingerprint density at radius 2 is 1.88 bits per heavy atom. The maximum atomic E-state index is 6.20. The second kappa shape index (κ2) is 6.03. The van der Waals surface area contributed by atoms with Gasteiger partial charge in [0.2, 0.25) is 5.82 Å². The van der Waals surface area contributed by atoms with E-state index in [9.17, 15) is 0 Å². The molecule has 0 aliphatic rings. The Balaban J connectivity index is 1.75. The minimum Gasteiger partial charge on any atom is -0.382 e. The van der Waals surface area contributed by atoms with Crippen molar-refractivity contribution < 1.29 is 4.52 Å². The van der Waals surface area contributed by atoms with Crippen LogP contribution >= 0.6 is 11.6 Å². The van der Waals surface area contributed by atoms with Crippen molar-refractivity contribution in [1.82, 2.24) is 25.1 Å². The van der Waals surface area contributed by atoms with E-state index < -0.39 is 0 Å². The number of nitrogens with two attached hydrogens (primary N) is 1. The molecule has 2 aromatic carbocycles. The predicted molar refractivity (Wildman–Crippen MR) is 94.2 cm³/mol. The fraction of sp³-hybridized carbons (Fsp3) is 0.0588. The zero-order chi connectivity index (χ0) is 17.4. The van der Waals surface area contributed by atoms with Gasteiger partial charge in [0.15, 0.2) is 11.5 Å². The summed E-state index contributed by atoms with van der Waals surface area (Å²) in [5.41, 5.74) is 8.96. The normalized spacial score (nSPS) is 11.0. The number of aromatic nitrogens is 5. The molecule has 0 atom stereocenters. The molecule has 0 aliphatic carbocycles. The third-order valence-electron chi connectivity index (χ3n) is 3.83. The van der Waals surface area contributed by atoms with Crippen molar-refractivity contribution in [2.45, 2.75) is 6.92 Å². The average molecular weight is 353 g/mol. The van der Waals surface area contributed by atoms with Crippen molar-refractivity contribution in [1.29, 1.82) is 0 Å². The molecule has 0 saturated carbocycles. The maximum absolute atomic E-state index is 6.20. The lowest BCUT2D eigenvalue weighted by atomic mass is 10.2. The van der Waals surface area contributed by atoms with E-state index in [4.69, 9.17) is 21.9 Å². The highest BCUT2D eigenvalue weighted by molar-refractivity contribution is 6.31. The molecule has 0 radical (unpaired) electrons. The quantitative estimate of drug-likeness (QED) is 0.606. The molecule has 4 aromatic rings. The van der Waals surface area contributed by atoms with E-state index in [1.165, 1.54) is 4.68 Å². The third kappa shape index (κ3) is 2.64. The van der Waals surface area contributed by atoms with Crippen molar-refractivity contribution in [3.63, 3.8) is 0 Å². The molecule has 25 heavy (non-hydrogen) atoms. The predicted octanol–water partition coefficient (Wildman–Crippen LogP) is 3.53. The van der Waals surface area contributed by atoms with Crippen LogP contribution in [0.3, 0.4) is 0 Å². The van der Waals surface area contributed by atoms with Crippen molar-refractivity contribution in [3.05, 3.63) is 59.1 Å². The number of rotatable bonds is 3. The van der Waals surface area contributed by atoms with Crippen LogP contribution < -0.4 is 5.73 Å². The van der Waals surface area contributed by atoms with E-state index in [1.54, 1.807) is 6.07 Å². The first-order valence-electron chi connectivity index (χ1n) is 7.51. The Bertz CT molecular complexity index is 1040. The van der Waals surface area contributed by atoms with Crippen molar-refractivity contribution in [2.24, 2.45) is 0 Å². The van der Waals surface area contributed by atoms with Gasteiger partial charge in [0.05, 0.1) is 5.69 Å². The molecule has 0 unspecified atom stereocenters. The second-order valence-electron chi connectivity index (χ2n) is 5.41. The Morgan fingerprint density at radius 1 is 1.08 bits per heavy atom. The number of benzene rings is 2. The summed E-state index contributed by atoms with van der Waals surface area (Å²) in [6, 6.07) is 15.0. The largest absolute Gasteiger partial charge is 0.382 e. The topological polar surface area (TPSA) is 95.6 Å². The fourth-order valence-corrected chi connectivity index (χ4v) is 2.64. The monoisotopic (exact) mass is 352 g/mol. The summed E-state index contributed by atoms with van der Waals surface area (Å²) in [5.74, 6) is 0.972. The molecule has 0 aliphatic heterocycles. The Kier molecular flexibility index (Phi) is 3.70. The molecule has 8 heteroatoms. The van der Waals surface area contributed by atoms with Crippen LogP contribution in [0.5, 0.6) is 0 Å². The first-order valence-corrected chi connectivity index (χ1v) is 7.89. The van der Waals surface area contributed by atoms with Crippen LogP contribution in [0.2, 0.25) is 5.02 Å². The summed E-state index contributed by atoms with van der Waals surface area (Å²) < 4.78 is 6.81. The highest BCUT2D eigenvalue weighted by Crippen LogP contribution is 2.29. The minimum atomic E-state index is 0.210. The van der Waals surface area contributed by atoms with Gasteiger partial charge >= 0.3 is 0 Å². The number of nitrogen functional groups attached to an aromatic ring is 1. The molecular formula is C17H13ClN6O. The molecule has 0 amide bonds. The molecule has 2 N–H and O–H groups in total. The van der Waals surface area contributed by atoms with Crippen LogP contribution in [-0.2, 0) is 0 Å². The molecule has 0 bridgehead atoms. The van der Waals surface area contributed by atoms with E-state index in [0.717, 1.165) is 16.8 Å². The zero-order valence-electron chi connectivity index (χ0n) is 13.2. The first kappa shape index (κ1) is 15.3. The van der Waals surface area contributed by atoms with Gasteiger partial charge in [0.1, 0.15) is 0 Å². The standard InChI is InChI=1S/C17H13ClN6O/c1-10-12(18)8-5-9-13(10)24-15(19)14(21-23-24)17-20-16(22-25-17)11-6-3-2-4-7-11/h2-9H,19H2,1H3. The fourth-order valence-electron chi connectivity index (χ4n) is 2.47. The van der Waals surface area contributed by atoms with Gasteiger partial charge in [-0.15, -0.1) is 5.10 Å². The van der Waals surface area contributed by atoms with Crippen LogP contribution in [0.1, 0.15) is 5.56 Å². The van der Waals surface area contributed by atoms with Crippen molar-refractivity contribution in [3.8, 4) is 28.7 Å². The van der Waals surface area contributed by atoms with Gasteiger partial charge in [-0.2, -0.15) is 9.67 Å². The molecule has 7 nitrogen and oxygen atoms in total. The van der Waals surface area contributed by atoms with E-state index in [0.29, 0.717) is 22.4 Å². The van der Waals surface area contributed by atoms with Crippen LogP contribution in [0, 0.1) is 6.92 Å². The highest BCUT2D eigenvalue weighted by atomic mass is 35.5. The summed E-state index contributed by atoms with van der Waals surface area (Å²) in [5, 5.41) is 12.8. The average Bonchev–Trinajstić information content (AvgIpc) is 3.25. The molecule has 4 rings (SSSR count). The minimum absolute atomic E-state index is 0.210. The van der Waals surface area contributed by atoms with Crippen LogP contribution in [0.25, 0.3) is 28.7 Å². The number of hydrogen-bond acceptors (Lipinski definition) is 6. The molecule has 2 heterocycles. The Labute approximate surface area is 148 Å². The number of anilines is 1. The van der Waals surface area contributed by atoms with Gasteiger partial charge in [0, 0.05) is 10.6 Å². The summed E-state index contributed by atoms with van der Waals surface area (Å²) in [4.78, 5) is 4.36. The smallest absolute Gasteiger partial charge is 0.282 e. The molecule has 2 aromatic heterocycles. The summed E-state index contributed by atoms with van der Waals surface area (Å²) in [7, 11) is 0. The Hall–Kier alpha value is -3.19. The molecular weight excluding hydrogens is 340 g/mol. The summed E-state index contributed by atoms with van der Waals surface area (Å²) in [6.45, 7) is 1.89. The SMILES string of the molecule is Cc1c(Cl)cccc1-n1nnc(-c2nc(-c3ccccc3)no2)c1N. The van der Waals surface area contributed by atoms with Gasteiger partial charge in [-0.1, -0.05) is 58.4 Å². The third-order valence-corrected chi connectivity index (χ3v) is 4.24. The summed E-state index contributed by atoms with van der Waals surface area (Å²) >= 11 is 6.17. The molecule has 0 spiro atoms. The number of halogens is 1. The maximum Gasteiger partial charge on any atom is 0.282 e. The van der Waals surface area contributed by atoms with E-state index in [2.05, 4.69) is 20.5 Å². The van der Waals surface area contributed by atoms with Gasteiger partial charge in [-0.05, 0) is 24.6 Å². The lowest BCUT2D eigenvalue weighted by Gasteiger charge is -2.07. The van der Waals surface area contributed by atoms with Gasteiger partial charge < -0.3 is 10.3 Å². The molecule has 0 saturated heterocycles. The summed E-state index contributed by atoms with van der Waals surface area (Å²) in [6.07, 6.45) is 0. The Morgan fingerprint density at radius 3 is 2.68 bits per heavy atom. The van der Waals surface area contributed by atoms with Gasteiger partial charge in [-0.25, -0.2) is 0 Å². The van der Waals surface area contributed by atoms with Gasteiger partial charge in [0.25, 0.3) is 5.89 Å². The van der Waals surface area contributed by atoms with E-state index in [1.807, 2.05) is 49.4 Å². The van der Waals surface area contributed by atoms with Crippen LogP contribution in [-0.4, -0.2) is 25.1 Å².